The van der Waals surface area contributed by atoms with Crippen LogP contribution in [0.2, 0.25) is 0 Å². The molecule has 6 nitrogen and oxygen atoms in total. The Bertz CT molecular complexity index is 448. The molecule has 22 heavy (non-hydrogen) atoms. The van der Waals surface area contributed by atoms with Gasteiger partial charge >= 0.3 is 0 Å². The van der Waals surface area contributed by atoms with Crippen LogP contribution in [0.3, 0.4) is 0 Å². The third kappa shape index (κ3) is 6.80. The Labute approximate surface area is 148 Å². The lowest BCUT2D eigenvalue weighted by atomic mass is 10.3. The molecule has 2 rings (SSSR count). The highest BCUT2D eigenvalue weighted by Gasteiger charge is 2.15. The van der Waals surface area contributed by atoms with Gasteiger partial charge in [0, 0.05) is 25.4 Å². The van der Waals surface area contributed by atoms with Crippen LogP contribution in [-0.4, -0.2) is 45.5 Å². The minimum atomic E-state index is 0. The lowest BCUT2D eigenvalue weighted by Crippen LogP contribution is -2.23. The average molecular weight is 421 g/mol. The van der Waals surface area contributed by atoms with Gasteiger partial charge in [-0.3, -0.25) is 4.99 Å². The third-order valence-electron chi connectivity index (χ3n) is 3.19. The molecule has 1 aromatic carbocycles. The predicted octanol–water partition coefficient (Wildman–Crippen LogP) is 2.24. The largest absolute Gasteiger partial charge is 0.497 e. The van der Waals surface area contributed by atoms with Gasteiger partial charge in [-0.15, -0.1) is 24.0 Å². The van der Waals surface area contributed by atoms with Crippen LogP contribution >= 0.6 is 24.0 Å². The number of benzene rings is 1. The molecular weight excluding hydrogens is 397 g/mol. The molecule has 1 aliphatic rings. The molecular formula is C15H24IN3O3. The number of aliphatic imine (C=N–C) groups is 1. The molecule has 0 radical (unpaired) electrons. The van der Waals surface area contributed by atoms with Crippen LogP contribution in [0.25, 0.3) is 0 Å². The SMILES string of the molecule is COc1ccc(NC(N)=NCCCOC2CCOC2)cc1.I. The van der Waals surface area contributed by atoms with Gasteiger partial charge in [-0.1, -0.05) is 0 Å². The second-order valence-corrected chi connectivity index (χ2v) is 4.83. The van der Waals surface area contributed by atoms with Gasteiger partial charge in [0.15, 0.2) is 5.96 Å². The molecule has 1 unspecified atom stereocenters. The van der Waals surface area contributed by atoms with Gasteiger partial charge < -0.3 is 25.3 Å². The summed E-state index contributed by atoms with van der Waals surface area (Å²) in [6.07, 6.45) is 2.09. The van der Waals surface area contributed by atoms with Gasteiger partial charge in [0.1, 0.15) is 5.75 Å². The van der Waals surface area contributed by atoms with Gasteiger partial charge in [-0.05, 0) is 37.1 Å². The first-order valence-corrected chi connectivity index (χ1v) is 7.18. The highest BCUT2D eigenvalue weighted by molar-refractivity contribution is 14.0. The molecule has 0 bridgehead atoms. The fraction of sp³-hybridized carbons (Fsp3) is 0.533. The van der Waals surface area contributed by atoms with Crippen LogP contribution in [0.1, 0.15) is 12.8 Å². The van der Waals surface area contributed by atoms with Gasteiger partial charge in [-0.2, -0.15) is 0 Å². The average Bonchev–Trinajstić information content (AvgIpc) is 3.01. The number of methoxy groups -OCH3 is 1. The van der Waals surface area contributed by atoms with Gasteiger partial charge in [0.25, 0.3) is 0 Å². The Morgan fingerprint density at radius 3 is 2.82 bits per heavy atom. The fourth-order valence-corrected chi connectivity index (χ4v) is 2.02. The second-order valence-electron chi connectivity index (χ2n) is 4.83. The summed E-state index contributed by atoms with van der Waals surface area (Å²) >= 11 is 0. The summed E-state index contributed by atoms with van der Waals surface area (Å²) in [7, 11) is 1.64. The summed E-state index contributed by atoms with van der Waals surface area (Å²) in [5, 5.41) is 3.04. The van der Waals surface area contributed by atoms with E-state index >= 15 is 0 Å². The number of hydrogen-bond donors (Lipinski definition) is 2. The molecule has 7 heteroatoms. The summed E-state index contributed by atoms with van der Waals surface area (Å²) < 4.78 is 16.0. The summed E-state index contributed by atoms with van der Waals surface area (Å²) in [5.74, 6) is 1.22. The van der Waals surface area contributed by atoms with Crippen molar-refractivity contribution in [1.82, 2.24) is 0 Å². The molecule has 0 aromatic heterocycles. The van der Waals surface area contributed by atoms with Crippen molar-refractivity contribution in [3.63, 3.8) is 0 Å². The molecule has 1 aromatic rings. The van der Waals surface area contributed by atoms with Gasteiger partial charge in [0.05, 0.1) is 19.8 Å². The molecule has 0 amide bonds. The maximum atomic E-state index is 5.83. The van der Waals surface area contributed by atoms with Crippen LogP contribution < -0.4 is 15.8 Å². The lowest BCUT2D eigenvalue weighted by molar-refractivity contribution is 0.0424. The molecule has 1 atom stereocenters. The topological polar surface area (TPSA) is 78.1 Å². The zero-order chi connectivity index (χ0) is 14.9. The number of anilines is 1. The van der Waals surface area contributed by atoms with E-state index < -0.39 is 0 Å². The molecule has 0 aliphatic carbocycles. The second kappa shape index (κ2) is 10.6. The Kier molecular flexibility index (Phi) is 9.17. The van der Waals surface area contributed by atoms with E-state index in [1.54, 1.807) is 7.11 Å². The maximum absolute atomic E-state index is 5.83. The minimum Gasteiger partial charge on any atom is -0.497 e. The summed E-state index contributed by atoms with van der Waals surface area (Å²) in [6.45, 7) is 2.85. The molecule has 1 heterocycles. The monoisotopic (exact) mass is 421 g/mol. The maximum Gasteiger partial charge on any atom is 0.193 e. The van der Waals surface area contributed by atoms with Crippen molar-refractivity contribution in [2.24, 2.45) is 10.7 Å². The Hall–Kier alpha value is -1.06. The van der Waals surface area contributed by atoms with E-state index in [0.29, 0.717) is 25.7 Å². The van der Waals surface area contributed by atoms with E-state index in [0.717, 1.165) is 30.9 Å². The first kappa shape index (κ1) is 19.0. The Morgan fingerprint density at radius 2 is 2.18 bits per heavy atom. The summed E-state index contributed by atoms with van der Waals surface area (Å²) in [5.41, 5.74) is 6.71. The van der Waals surface area contributed by atoms with Crippen LogP contribution in [-0.2, 0) is 9.47 Å². The predicted molar refractivity (Wildman–Crippen MR) is 98.3 cm³/mol. The van der Waals surface area contributed by atoms with Crippen LogP contribution in [0.5, 0.6) is 5.75 Å². The minimum absolute atomic E-state index is 0. The van der Waals surface area contributed by atoms with Crippen molar-refractivity contribution in [3.8, 4) is 5.75 Å². The van der Waals surface area contributed by atoms with Crippen molar-refractivity contribution in [2.75, 3.05) is 38.8 Å². The van der Waals surface area contributed by atoms with Gasteiger partial charge in [0.2, 0.25) is 0 Å². The lowest BCUT2D eigenvalue weighted by Gasteiger charge is -2.09. The number of rotatable bonds is 7. The van der Waals surface area contributed by atoms with E-state index in [4.69, 9.17) is 19.9 Å². The first-order valence-electron chi connectivity index (χ1n) is 7.18. The fourth-order valence-electron chi connectivity index (χ4n) is 2.02. The number of halogens is 1. The van der Waals surface area contributed by atoms with Crippen molar-refractivity contribution in [3.05, 3.63) is 24.3 Å². The van der Waals surface area contributed by atoms with Crippen LogP contribution in [0.15, 0.2) is 29.3 Å². The Balaban J connectivity index is 0.00000242. The number of nitrogens with one attached hydrogen (secondary N) is 1. The summed E-state index contributed by atoms with van der Waals surface area (Å²) in [6, 6.07) is 7.52. The van der Waals surface area contributed by atoms with E-state index in [2.05, 4.69) is 10.3 Å². The number of guanidine groups is 1. The molecule has 1 fully saturated rings. The molecule has 1 saturated heterocycles. The Morgan fingerprint density at radius 1 is 1.41 bits per heavy atom. The molecule has 3 N–H and O–H groups in total. The summed E-state index contributed by atoms with van der Waals surface area (Å²) in [4.78, 5) is 4.27. The molecule has 124 valence electrons. The highest BCUT2D eigenvalue weighted by atomic mass is 127. The number of hydrogen-bond acceptors (Lipinski definition) is 4. The quantitative estimate of drug-likeness (QED) is 0.306. The van der Waals surface area contributed by atoms with Gasteiger partial charge in [-0.25, -0.2) is 0 Å². The van der Waals surface area contributed by atoms with E-state index in [1.807, 2.05) is 24.3 Å². The van der Waals surface area contributed by atoms with Crippen molar-refractivity contribution in [1.29, 1.82) is 0 Å². The van der Waals surface area contributed by atoms with Crippen molar-refractivity contribution >= 4 is 35.6 Å². The number of nitrogens with zero attached hydrogens (tertiary/aromatic N) is 1. The molecule has 1 aliphatic heterocycles. The van der Waals surface area contributed by atoms with Crippen LogP contribution in [0.4, 0.5) is 5.69 Å². The number of ether oxygens (including phenoxy) is 3. The van der Waals surface area contributed by atoms with E-state index in [-0.39, 0.29) is 30.1 Å². The first-order chi connectivity index (χ1) is 10.3. The van der Waals surface area contributed by atoms with Crippen LogP contribution in [0, 0.1) is 0 Å². The van der Waals surface area contributed by atoms with E-state index in [1.165, 1.54) is 0 Å². The molecule has 0 spiro atoms. The van der Waals surface area contributed by atoms with E-state index in [9.17, 15) is 0 Å². The van der Waals surface area contributed by atoms with Crippen molar-refractivity contribution < 1.29 is 14.2 Å². The third-order valence-corrected chi connectivity index (χ3v) is 3.19. The smallest absolute Gasteiger partial charge is 0.193 e. The zero-order valence-corrected chi connectivity index (χ0v) is 15.1. The standard InChI is InChI=1S/C15H23N3O3.HI/c1-19-13-5-3-12(4-6-13)18-15(16)17-8-2-9-21-14-7-10-20-11-14;/h3-6,14H,2,7-11H2,1H3,(H3,16,17,18);1H. The highest BCUT2D eigenvalue weighted by Crippen LogP contribution is 2.14. The molecule has 0 saturated carbocycles. The zero-order valence-electron chi connectivity index (χ0n) is 12.8. The normalized spacial score (nSPS) is 17.9. The van der Waals surface area contributed by atoms with Crippen molar-refractivity contribution in [2.45, 2.75) is 18.9 Å². The number of nitrogens with two attached hydrogens (primary N) is 1.